The molecule has 0 unspecified atom stereocenters. The van der Waals surface area contributed by atoms with E-state index in [2.05, 4.69) is 5.32 Å². The summed E-state index contributed by atoms with van der Waals surface area (Å²) >= 11 is 0.781. The predicted octanol–water partition coefficient (Wildman–Crippen LogP) is 3.73. The smallest absolute Gasteiger partial charge is 0.425 e. The largest absolute Gasteiger partial charge is 0.504 e. The van der Waals surface area contributed by atoms with Crippen LogP contribution in [0.4, 0.5) is 13.2 Å². The van der Waals surface area contributed by atoms with Crippen molar-refractivity contribution in [3.63, 3.8) is 0 Å². The number of benzene rings is 1. The first-order valence-corrected chi connectivity index (χ1v) is 8.14. The van der Waals surface area contributed by atoms with Gasteiger partial charge in [-0.1, -0.05) is 0 Å². The number of alkyl halides is 3. The summed E-state index contributed by atoms with van der Waals surface area (Å²) in [6, 6.07) is 4.31. The van der Waals surface area contributed by atoms with E-state index in [1.807, 2.05) is 0 Å². The van der Waals surface area contributed by atoms with E-state index in [9.17, 15) is 23.4 Å². The Kier molecular flexibility index (Phi) is 3.15. The van der Waals surface area contributed by atoms with Gasteiger partial charge in [0.25, 0.3) is 0 Å². The molecule has 0 bridgehead atoms. The van der Waals surface area contributed by atoms with Crippen LogP contribution in [-0.2, 0) is 19.1 Å². The van der Waals surface area contributed by atoms with Crippen molar-refractivity contribution in [1.29, 1.82) is 0 Å². The lowest BCUT2D eigenvalue weighted by Crippen LogP contribution is -2.41. The molecule has 7 heteroatoms. The second-order valence-corrected chi connectivity index (χ2v) is 7.17. The molecule has 3 nitrogen and oxygen atoms in total. The first-order valence-electron chi connectivity index (χ1n) is 7.32. The van der Waals surface area contributed by atoms with Gasteiger partial charge in [-0.15, -0.1) is 11.3 Å². The molecule has 0 radical (unpaired) electrons. The molecule has 0 saturated carbocycles. The lowest BCUT2D eigenvalue weighted by atomic mass is 9.74. The number of hydrogen-bond acceptors (Lipinski definition) is 4. The molecule has 3 N–H and O–H groups in total. The van der Waals surface area contributed by atoms with Crippen LogP contribution in [0.2, 0.25) is 0 Å². The molecule has 2 atom stereocenters. The second kappa shape index (κ2) is 4.88. The fourth-order valence-electron chi connectivity index (χ4n) is 3.65. The molecule has 0 spiro atoms. The number of thiophene rings is 1. The van der Waals surface area contributed by atoms with Gasteiger partial charge in [0.2, 0.25) is 0 Å². The number of rotatable bonds is 0. The average molecular weight is 341 g/mol. The molecule has 1 aliphatic heterocycles. The van der Waals surface area contributed by atoms with E-state index in [1.165, 1.54) is 18.2 Å². The maximum Gasteiger partial charge on any atom is 0.425 e. The summed E-state index contributed by atoms with van der Waals surface area (Å²) in [5.41, 5.74) is 2.38. The topological polar surface area (TPSA) is 52.5 Å². The summed E-state index contributed by atoms with van der Waals surface area (Å²) in [5, 5.41) is 22.8. The van der Waals surface area contributed by atoms with Gasteiger partial charge >= 0.3 is 6.18 Å². The minimum absolute atomic E-state index is 0.0506. The molecule has 1 aliphatic carbocycles. The van der Waals surface area contributed by atoms with Crippen molar-refractivity contribution in [2.45, 2.75) is 37.5 Å². The van der Waals surface area contributed by atoms with Crippen molar-refractivity contribution >= 4 is 11.3 Å². The lowest BCUT2D eigenvalue weighted by molar-refractivity contribution is -0.134. The van der Waals surface area contributed by atoms with Crippen molar-refractivity contribution in [2.75, 3.05) is 0 Å². The molecule has 0 amide bonds. The Bertz CT molecular complexity index is 784. The van der Waals surface area contributed by atoms with Gasteiger partial charge in [0.15, 0.2) is 11.5 Å². The quantitative estimate of drug-likeness (QED) is 0.640. The van der Waals surface area contributed by atoms with Crippen LogP contribution < -0.4 is 5.32 Å². The fraction of sp³-hybridized carbons (Fsp3) is 0.375. The van der Waals surface area contributed by atoms with Crippen molar-refractivity contribution in [3.8, 4) is 11.5 Å². The molecule has 2 aromatic rings. The number of hydrogen-bond donors (Lipinski definition) is 3. The van der Waals surface area contributed by atoms with Gasteiger partial charge in [-0.2, -0.15) is 13.2 Å². The highest BCUT2D eigenvalue weighted by molar-refractivity contribution is 7.12. The number of phenols is 2. The Morgan fingerprint density at radius 1 is 1.09 bits per heavy atom. The summed E-state index contributed by atoms with van der Waals surface area (Å²) in [6.45, 7) is 0.441. The van der Waals surface area contributed by atoms with E-state index < -0.39 is 11.1 Å². The Hall–Kier alpha value is -1.73. The molecule has 122 valence electrons. The van der Waals surface area contributed by atoms with E-state index >= 15 is 0 Å². The number of nitrogens with one attached hydrogen (secondary N) is 1. The van der Waals surface area contributed by atoms with E-state index in [1.54, 1.807) is 0 Å². The molecule has 1 aromatic carbocycles. The van der Waals surface area contributed by atoms with Crippen LogP contribution in [0.3, 0.4) is 0 Å². The standard InChI is InChI=1S/C16H14F3NO2S/c17-16(18,19)14-5-9-13(23-14)6-20-10-2-1-7-3-11(21)12(22)4-8(7)15(9)10/h3-5,10,15,20-22H,1-2,6H2/t10-,15+/m1/s1. The highest BCUT2D eigenvalue weighted by atomic mass is 32.1. The molecule has 2 heterocycles. The van der Waals surface area contributed by atoms with Crippen molar-refractivity contribution in [1.82, 2.24) is 5.32 Å². The van der Waals surface area contributed by atoms with Crippen LogP contribution >= 0.6 is 11.3 Å². The van der Waals surface area contributed by atoms with Gasteiger partial charge in [-0.25, -0.2) is 0 Å². The van der Waals surface area contributed by atoms with E-state index in [0.29, 0.717) is 17.0 Å². The molecule has 4 rings (SSSR count). The second-order valence-electron chi connectivity index (χ2n) is 6.03. The van der Waals surface area contributed by atoms with Crippen LogP contribution in [-0.4, -0.2) is 16.3 Å². The highest BCUT2D eigenvalue weighted by Gasteiger charge is 2.40. The first kappa shape index (κ1) is 14.8. The summed E-state index contributed by atoms with van der Waals surface area (Å²) in [7, 11) is 0. The minimum Gasteiger partial charge on any atom is -0.504 e. The van der Waals surface area contributed by atoms with Crippen LogP contribution in [0.15, 0.2) is 18.2 Å². The number of aromatic hydroxyl groups is 2. The van der Waals surface area contributed by atoms with Crippen molar-refractivity contribution in [3.05, 3.63) is 44.6 Å². The third-order valence-corrected chi connectivity index (χ3v) is 5.88. The number of aryl methyl sites for hydroxylation is 1. The minimum atomic E-state index is -4.34. The van der Waals surface area contributed by atoms with E-state index in [4.69, 9.17) is 0 Å². The molecular weight excluding hydrogens is 327 g/mol. The van der Waals surface area contributed by atoms with Gasteiger partial charge < -0.3 is 15.5 Å². The lowest BCUT2D eigenvalue weighted by Gasteiger charge is -2.38. The maximum atomic E-state index is 13.0. The molecule has 0 saturated heterocycles. The Balaban J connectivity index is 1.87. The van der Waals surface area contributed by atoms with Gasteiger partial charge in [-0.3, -0.25) is 0 Å². The summed E-state index contributed by atoms with van der Waals surface area (Å²) < 4.78 is 39.1. The van der Waals surface area contributed by atoms with E-state index in [-0.39, 0.29) is 23.5 Å². The van der Waals surface area contributed by atoms with Gasteiger partial charge in [-0.05, 0) is 47.7 Å². The van der Waals surface area contributed by atoms with Gasteiger partial charge in [0.1, 0.15) is 4.88 Å². The average Bonchev–Trinajstić information content (AvgIpc) is 2.92. The van der Waals surface area contributed by atoms with Crippen LogP contribution in [0.5, 0.6) is 11.5 Å². The predicted molar refractivity (Wildman–Crippen MR) is 79.9 cm³/mol. The monoisotopic (exact) mass is 341 g/mol. The zero-order chi connectivity index (χ0) is 16.4. The van der Waals surface area contributed by atoms with E-state index in [0.717, 1.165) is 35.3 Å². The Morgan fingerprint density at radius 2 is 1.83 bits per heavy atom. The van der Waals surface area contributed by atoms with Gasteiger partial charge in [0, 0.05) is 23.4 Å². The van der Waals surface area contributed by atoms with Crippen LogP contribution in [0.1, 0.15) is 38.8 Å². The maximum absolute atomic E-state index is 13.0. The number of fused-ring (bicyclic) bond motifs is 5. The third kappa shape index (κ3) is 2.30. The number of halogens is 3. The van der Waals surface area contributed by atoms with Crippen LogP contribution in [0, 0.1) is 0 Å². The van der Waals surface area contributed by atoms with Crippen LogP contribution in [0.25, 0.3) is 0 Å². The summed E-state index contributed by atoms with van der Waals surface area (Å²) in [4.78, 5) is 0.110. The SMILES string of the molecule is Oc1cc2c(cc1O)[C@H]1c3cc(C(F)(F)F)sc3CN[C@@H]1CC2. The van der Waals surface area contributed by atoms with Gasteiger partial charge in [0.05, 0.1) is 0 Å². The Labute approximate surface area is 134 Å². The highest BCUT2D eigenvalue weighted by Crippen LogP contribution is 2.48. The Morgan fingerprint density at radius 3 is 2.57 bits per heavy atom. The normalized spacial score (nSPS) is 23.1. The molecule has 0 fully saturated rings. The third-order valence-electron chi connectivity index (χ3n) is 4.68. The zero-order valence-corrected chi connectivity index (χ0v) is 12.8. The first-order chi connectivity index (χ1) is 10.8. The fourth-order valence-corrected chi connectivity index (χ4v) is 4.67. The molecule has 2 aliphatic rings. The summed E-state index contributed by atoms with van der Waals surface area (Å²) in [5.74, 6) is -0.642. The van der Waals surface area contributed by atoms with Crippen molar-refractivity contribution in [2.24, 2.45) is 0 Å². The molecule has 1 aromatic heterocycles. The molecule has 23 heavy (non-hydrogen) atoms. The zero-order valence-electron chi connectivity index (χ0n) is 11.9. The summed E-state index contributed by atoms with van der Waals surface area (Å²) in [6.07, 6.45) is -2.83. The van der Waals surface area contributed by atoms with Crippen molar-refractivity contribution < 1.29 is 23.4 Å². The number of phenolic OH excluding ortho intramolecular Hbond substituents is 2. The molecular formula is C16H14F3NO2S.